The second kappa shape index (κ2) is 4.05. The summed E-state index contributed by atoms with van der Waals surface area (Å²) in [4.78, 5) is 11.9. The van der Waals surface area contributed by atoms with E-state index >= 15 is 0 Å². The maximum Gasteiger partial charge on any atom is 0.573 e. The van der Waals surface area contributed by atoms with Crippen molar-refractivity contribution in [2.75, 3.05) is 0 Å². The Bertz CT molecular complexity index is 440. The van der Waals surface area contributed by atoms with Crippen molar-refractivity contribution in [2.24, 2.45) is 11.8 Å². The van der Waals surface area contributed by atoms with E-state index in [1.54, 1.807) is 0 Å². The van der Waals surface area contributed by atoms with E-state index in [1.165, 1.54) is 18.2 Å². The number of rotatable bonds is 3. The van der Waals surface area contributed by atoms with E-state index < -0.39 is 12.1 Å². The number of benzene rings is 1. The minimum atomic E-state index is -4.77. The molecule has 0 N–H and O–H groups in total. The minimum absolute atomic E-state index is 0.0131. The summed E-state index contributed by atoms with van der Waals surface area (Å²) in [6, 6.07) is 5.47. The molecule has 1 aliphatic carbocycles. The summed E-state index contributed by atoms with van der Waals surface area (Å²) >= 11 is 0. The van der Waals surface area contributed by atoms with Gasteiger partial charge in [-0.05, 0) is 24.5 Å². The zero-order valence-electron chi connectivity index (χ0n) is 9.12. The summed E-state index contributed by atoms with van der Waals surface area (Å²) in [6.07, 6.45) is -4.04. The first kappa shape index (κ1) is 12.0. The molecule has 1 aliphatic rings. The Morgan fingerprint density at radius 3 is 2.47 bits per heavy atom. The van der Waals surface area contributed by atoms with E-state index in [9.17, 15) is 18.0 Å². The normalized spacial score (nSPS) is 23.3. The van der Waals surface area contributed by atoms with Crippen LogP contribution in [-0.4, -0.2) is 12.1 Å². The topological polar surface area (TPSA) is 26.3 Å². The van der Waals surface area contributed by atoms with Crippen LogP contribution in [0.15, 0.2) is 24.3 Å². The third-order valence-corrected chi connectivity index (χ3v) is 2.82. The first-order chi connectivity index (χ1) is 7.88. The van der Waals surface area contributed by atoms with Crippen LogP contribution in [0, 0.1) is 11.8 Å². The second-order valence-electron chi connectivity index (χ2n) is 4.23. The number of hydrogen-bond donors (Lipinski definition) is 0. The van der Waals surface area contributed by atoms with Gasteiger partial charge in [0, 0.05) is 5.92 Å². The minimum Gasteiger partial charge on any atom is -0.405 e. The van der Waals surface area contributed by atoms with Crippen molar-refractivity contribution in [1.29, 1.82) is 0 Å². The summed E-state index contributed by atoms with van der Waals surface area (Å²) in [5.74, 6) is -0.587. The molecule has 0 bridgehead atoms. The van der Waals surface area contributed by atoms with Crippen LogP contribution in [0.4, 0.5) is 13.2 Å². The van der Waals surface area contributed by atoms with Gasteiger partial charge in [-0.25, -0.2) is 0 Å². The van der Waals surface area contributed by atoms with Crippen molar-refractivity contribution < 1.29 is 22.7 Å². The molecule has 2 rings (SSSR count). The molecule has 0 amide bonds. The van der Waals surface area contributed by atoms with Gasteiger partial charge in [0.15, 0.2) is 5.78 Å². The number of hydrogen-bond acceptors (Lipinski definition) is 2. The smallest absolute Gasteiger partial charge is 0.405 e. The third kappa shape index (κ3) is 2.78. The average Bonchev–Trinajstić information content (AvgIpc) is 2.93. The van der Waals surface area contributed by atoms with Crippen molar-refractivity contribution in [1.82, 2.24) is 0 Å². The van der Waals surface area contributed by atoms with Gasteiger partial charge in [-0.3, -0.25) is 4.79 Å². The highest BCUT2D eigenvalue weighted by molar-refractivity contribution is 6.01. The number of halogens is 3. The standard InChI is InChI=1S/C12H11F3O2/c1-7-6-9(7)11(16)8-4-2-3-5-10(8)17-12(13,14)15/h2-5,7,9H,6H2,1H3. The first-order valence-corrected chi connectivity index (χ1v) is 5.27. The fourth-order valence-electron chi connectivity index (χ4n) is 1.77. The van der Waals surface area contributed by atoms with Crippen molar-refractivity contribution in [3.63, 3.8) is 0 Å². The number of alkyl halides is 3. The maximum absolute atomic E-state index is 12.1. The van der Waals surface area contributed by atoms with E-state index in [4.69, 9.17) is 0 Å². The van der Waals surface area contributed by atoms with Crippen LogP contribution < -0.4 is 4.74 Å². The van der Waals surface area contributed by atoms with Gasteiger partial charge in [-0.2, -0.15) is 0 Å². The SMILES string of the molecule is CC1CC1C(=O)c1ccccc1OC(F)(F)F. The van der Waals surface area contributed by atoms with E-state index in [0.717, 1.165) is 12.5 Å². The average molecular weight is 244 g/mol. The van der Waals surface area contributed by atoms with Crippen LogP contribution >= 0.6 is 0 Å². The van der Waals surface area contributed by atoms with Gasteiger partial charge in [-0.15, -0.1) is 13.2 Å². The van der Waals surface area contributed by atoms with Crippen LogP contribution in [0.25, 0.3) is 0 Å². The van der Waals surface area contributed by atoms with E-state index in [2.05, 4.69) is 4.74 Å². The summed E-state index contributed by atoms with van der Waals surface area (Å²) < 4.78 is 40.3. The zero-order chi connectivity index (χ0) is 12.6. The molecule has 5 heteroatoms. The lowest BCUT2D eigenvalue weighted by molar-refractivity contribution is -0.274. The van der Waals surface area contributed by atoms with Gasteiger partial charge in [0.2, 0.25) is 0 Å². The van der Waals surface area contributed by atoms with Crippen LogP contribution in [0.5, 0.6) is 5.75 Å². The monoisotopic (exact) mass is 244 g/mol. The summed E-state index contributed by atoms with van der Waals surface area (Å²) in [5, 5.41) is 0. The van der Waals surface area contributed by atoms with E-state index in [0.29, 0.717) is 0 Å². The molecule has 0 aromatic heterocycles. The molecule has 0 aliphatic heterocycles. The molecule has 92 valence electrons. The van der Waals surface area contributed by atoms with Crippen molar-refractivity contribution in [3.8, 4) is 5.75 Å². The number of Topliss-reactive ketones (excluding diaryl/α,β-unsaturated/α-hetero) is 1. The van der Waals surface area contributed by atoms with Crippen LogP contribution in [-0.2, 0) is 0 Å². The number of carbonyl (C=O) groups is 1. The molecule has 0 heterocycles. The van der Waals surface area contributed by atoms with Crippen molar-refractivity contribution >= 4 is 5.78 Å². The Morgan fingerprint density at radius 1 is 1.35 bits per heavy atom. The van der Waals surface area contributed by atoms with E-state index in [1.807, 2.05) is 6.92 Å². The number of carbonyl (C=O) groups excluding carboxylic acids is 1. The predicted octanol–water partition coefficient (Wildman–Crippen LogP) is 3.42. The molecule has 1 saturated carbocycles. The number of ketones is 1. The van der Waals surface area contributed by atoms with Gasteiger partial charge in [0.1, 0.15) is 5.75 Å². The Morgan fingerprint density at radius 2 is 1.94 bits per heavy atom. The van der Waals surface area contributed by atoms with Gasteiger partial charge in [-0.1, -0.05) is 19.1 Å². The van der Waals surface area contributed by atoms with E-state index in [-0.39, 0.29) is 23.2 Å². The van der Waals surface area contributed by atoms with Crippen LogP contribution in [0.1, 0.15) is 23.7 Å². The molecule has 1 fully saturated rings. The summed E-state index contributed by atoms with van der Waals surface area (Å²) in [5.41, 5.74) is 0.0131. The first-order valence-electron chi connectivity index (χ1n) is 5.27. The lowest BCUT2D eigenvalue weighted by Crippen LogP contribution is -2.19. The highest BCUT2D eigenvalue weighted by Gasteiger charge is 2.41. The molecule has 2 atom stereocenters. The lowest BCUT2D eigenvalue weighted by atomic mass is 10.1. The molecule has 0 saturated heterocycles. The Kier molecular flexibility index (Phi) is 2.85. The second-order valence-corrected chi connectivity index (χ2v) is 4.23. The number of para-hydroxylation sites is 1. The van der Waals surface area contributed by atoms with Gasteiger partial charge < -0.3 is 4.74 Å². The molecule has 2 nitrogen and oxygen atoms in total. The van der Waals surface area contributed by atoms with Crippen molar-refractivity contribution in [3.05, 3.63) is 29.8 Å². The lowest BCUT2D eigenvalue weighted by Gasteiger charge is -2.12. The maximum atomic E-state index is 12.1. The largest absolute Gasteiger partial charge is 0.573 e. The third-order valence-electron chi connectivity index (χ3n) is 2.82. The van der Waals surface area contributed by atoms with Gasteiger partial charge in [0.05, 0.1) is 5.56 Å². The quantitative estimate of drug-likeness (QED) is 0.761. The molecule has 2 unspecified atom stereocenters. The Labute approximate surface area is 96.4 Å². The fourth-order valence-corrected chi connectivity index (χ4v) is 1.77. The molecule has 0 radical (unpaired) electrons. The van der Waals surface area contributed by atoms with Crippen molar-refractivity contribution in [2.45, 2.75) is 19.7 Å². The molecular formula is C12H11F3O2. The molecule has 17 heavy (non-hydrogen) atoms. The van der Waals surface area contributed by atoms with Crippen LogP contribution in [0.3, 0.4) is 0 Å². The molecule has 0 spiro atoms. The van der Waals surface area contributed by atoms with Gasteiger partial charge >= 0.3 is 6.36 Å². The molecule has 1 aromatic carbocycles. The van der Waals surface area contributed by atoms with Gasteiger partial charge in [0.25, 0.3) is 0 Å². The Hall–Kier alpha value is -1.52. The molecular weight excluding hydrogens is 233 g/mol. The Balaban J connectivity index is 2.24. The fraction of sp³-hybridized carbons (Fsp3) is 0.417. The molecule has 1 aromatic rings. The highest BCUT2D eigenvalue weighted by Crippen LogP contribution is 2.42. The highest BCUT2D eigenvalue weighted by atomic mass is 19.4. The zero-order valence-corrected chi connectivity index (χ0v) is 9.12. The summed E-state index contributed by atoms with van der Waals surface area (Å²) in [6.45, 7) is 1.90. The van der Waals surface area contributed by atoms with Crippen LogP contribution in [0.2, 0.25) is 0 Å². The predicted molar refractivity (Wildman–Crippen MR) is 54.7 cm³/mol. The summed E-state index contributed by atoms with van der Waals surface area (Å²) in [7, 11) is 0. The number of ether oxygens (including phenoxy) is 1.